The van der Waals surface area contributed by atoms with Crippen molar-refractivity contribution in [2.45, 2.75) is 12.5 Å². The molecular weight excluding hydrogens is 292 g/mol. The van der Waals surface area contributed by atoms with Crippen molar-refractivity contribution in [3.8, 4) is 11.5 Å². The number of ether oxygens (including phenoxy) is 2. The molecule has 0 radical (unpaired) electrons. The summed E-state index contributed by atoms with van der Waals surface area (Å²) in [6, 6.07) is 8.84. The van der Waals surface area contributed by atoms with Crippen LogP contribution in [0.5, 0.6) is 11.5 Å². The quantitative estimate of drug-likeness (QED) is 0.863. The Morgan fingerprint density at radius 3 is 2.45 bits per heavy atom. The number of hydrogen-bond donors (Lipinski definition) is 1. The molecule has 1 atom stereocenters. The van der Waals surface area contributed by atoms with Crippen molar-refractivity contribution in [3.63, 3.8) is 0 Å². The van der Waals surface area contributed by atoms with Gasteiger partial charge in [-0.3, -0.25) is 4.79 Å². The lowest BCUT2D eigenvalue weighted by molar-refractivity contribution is -0.142. The van der Waals surface area contributed by atoms with E-state index in [4.69, 9.17) is 10.5 Å². The van der Waals surface area contributed by atoms with Gasteiger partial charge < -0.3 is 15.2 Å². The summed E-state index contributed by atoms with van der Waals surface area (Å²) < 4.78 is 36.5. The van der Waals surface area contributed by atoms with Crippen molar-refractivity contribution in [2.24, 2.45) is 5.73 Å². The molecule has 6 heteroatoms. The minimum Gasteiger partial charge on any atom is -0.468 e. The fourth-order valence-corrected chi connectivity index (χ4v) is 1.96. The number of esters is 1. The molecule has 4 nitrogen and oxygen atoms in total. The molecule has 0 fully saturated rings. The predicted octanol–water partition coefficient (Wildman–Crippen LogP) is 2.80. The average Bonchev–Trinajstić information content (AvgIpc) is 2.47. The van der Waals surface area contributed by atoms with Gasteiger partial charge in [0, 0.05) is 24.6 Å². The molecule has 1 unspecified atom stereocenters. The Bertz CT molecular complexity index is 656. The summed E-state index contributed by atoms with van der Waals surface area (Å²) in [4.78, 5) is 11.4. The van der Waals surface area contributed by atoms with Gasteiger partial charge in [0.05, 0.1) is 7.11 Å². The van der Waals surface area contributed by atoms with Gasteiger partial charge in [-0.25, -0.2) is 8.78 Å². The van der Waals surface area contributed by atoms with Crippen LogP contribution in [0.1, 0.15) is 5.56 Å². The van der Waals surface area contributed by atoms with Crippen molar-refractivity contribution in [1.82, 2.24) is 0 Å². The number of rotatable bonds is 5. The van der Waals surface area contributed by atoms with Crippen molar-refractivity contribution in [1.29, 1.82) is 0 Å². The molecule has 2 aromatic rings. The van der Waals surface area contributed by atoms with Crippen molar-refractivity contribution >= 4 is 5.97 Å². The SMILES string of the molecule is COC(=O)C(N)Cc1ccccc1Oc1cc(F)cc(F)c1. The maximum atomic E-state index is 13.2. The lowest BCUT2D eigenvalue weighted by atomic mass is 10.1. The number of benzene rings is 2. The largest absolute Gasteiger partial charge is 0.468 e. The van der Waals surface area contributed by atoms with Crippen molar-refractivity contribution < 1.29 is 23.0 Å². The maximum Gasteiger partial charge on any atom is 0.322 e. The third kappa shape index (κ3) is 4.02. The van der Waals surface area contributed by atoms with Crippen LogP contribution in [0.4, 0.5) is 8.78 Å². The summed E-state index contributed by atoms with van der Waals surface area (Å²) in [5.41, 5.74) is 6.35. The monoisotopic (exact) mass is 307 g/mol. The fraction of sp³-hybridized carbons (Fsp3) is 0.188. The Morgan fingerprint density at radius 2 is 1.82 bits per heavy atom. The molecule has 0 amide bonds. The highest BCUT2D eigenvalue weighted by Crippen LogP contribution is 2.27. The highest BCUT2D eigenvalue weighted by atomic mass is 19.1. The maximum absolute atomic E-state index is 13.2. The van der Waals surface area contributed by atoms with E-state index in [0.29, 0.717) is 11.3 Å². The molecular formula is C16H15F2NO3. The summed E-state index contributed by atoms with van der Waals surface area (Å²) in [5, 5.41) is 0. The van der Waals surface area contributed by atoms with Gasteiger partial charge in [-0.1, -0.05) is 18.2 Å². The Morgan fingerprint density at radius 1 is 1.18 bits per heavy atom. The van der Waals surface area contributed by atoms with E-state index in [0.717, 1.165) is 18.2 Å². The van der Waals surface area contributed by atoms with Gasteiger partial charge >= 0.3 is 5.97 Å². The van der Waals surface area contributed by atoms with E-state index >= 15 is 0 Å². The average molecular weight is 307 g/mol. The van der Waals surface area contributed by atoms with E-state index in [2.05, 4.69) is 4.74 Å². The molecule has 22 heavy (non-hydrogen) atoms. The smallest absolute Gasteiger partial charge is 0.322 e. The van der Waals surface area contributed by atoms with Crippen LogP contribution in [0.25, 0.3) is 0 Å². The van der Waals surface area contributed by atoms with E-state index in [9.17, 15) is 13.6 Å². The van der Waals surface area contributed by atoms with Gasteiger partial charge in [-0.05, 0) is 11.6 Å². The van der Waals surface area contributed by atoms with Crippen molar-refractivity contribution in [3.05, 3.63) is 59.7 Å². The Hall–Kier alpha value is -2.47. The van der Waals surface area contributed by atoms with E-state index < -0.39 is 23.6 Å². The molecule has 0 aromatic heterocycles. The third-order valence-electron chi connectivity index (χ3n) is 2.98. The molecule has 0 aliphatic rings. The number of hydrogen-bond acceptors (Lipinski definition) is 4. The van der Waals surface area contributed by atoms with Crippen LogP contribution in [0.3, 0.4) is 0 Å². The van der Waals surface area contributed by atoms with Gasteiger partial charge in [0.15, 0.2) is 0 Å². The minimum atomic E-state index is -0.848. The first-order valence-corrected chi connectivity index (χ1v) is 6.55. The molecule has 2 aromatic carbocycles. The summed E-state index contributed by atoms with van der Waals surface area (Å²) in [6.07, 6.45) is 0.181. The summed E-state index contributed by atoms with van der Waals surface area (Å²) in [5.74, 6) is -1.63. The van der Waals surface area contributed by atoms with Crippen molar-refractivity contribution in [2.75, 3.05) is 7.11 Å². The standard InChI is InChI=1S/C16H15F2NO3/c1-21-16(20)14(19)6-10-4-2-3-5-15(10)22-13-8-11(17)7-12(18)9-13/h2-5,7-9,14H,6,19H2,1H3. The molecule has 2 N–H and O–H groups in total. The Kier molecular flexibility index (Phi) is 5.06. The zero-order chi connectivity index (χ0) is 16.1. The molecule has 2 rings (SSSR count). The predicted molar refractivity (Wildman–Crippen MR) is 76.6 cm³/mol. The van der Waals surface area contributed by atoms with E-state index in [-0.39, 0.29) is 12.2 Å². The second-order valence-electron chi connectivity index (χ2n) is 4.65. The third-order valence-corrected chi connectivity index (χ3v) is 2.98. The zero-order valence-corrected chi connectivity index (χ0v) is 11.9. The number of para-hydroxylation sites is 1. The van der Waals surface area contributed by atoms with E-state index in [1.165, 1.54) is 7.11 Å². The molecule has 116 valence electrons. The van der Waals surface area contributed by atoms with Crippen LogP contribution in [0.15, 0.2) is 42.5 Å². The highest BCUT2D eigenvalue weighted by molar-refractivity contribution is 5.75. The lowest BCUT2D eigenvalue weighted by Crippen LogP contribution is -2.33. The second kappa shape index (κ2) is 7.00. The van der Waals surface area contributed by atoms with Crippen LogP contribution in [-0.2, 0) is 16.0 Å². The summed E-state index contributed by atoms with van der Waals surface area (Å²) in [7, 11) is 1.25. The van der Waals surface area contributed by atoms with Gasteiger partial charge in [0.2, 0.25) is 0 Å². The van der Waals surface area contributed by atoms with Gasteiger partial charge in [0.1, 0.15) is 29.2 Å². The van der Waals surface area contributed by atoms with Crippen LogP contribution in [0.2, 0.25) is 0 Å². The van der Waals surface area contributed by atoms with Crippen LogP contribution >= 0.6 is 0 Å². The summed E-state index contributed by atoms with van der Waals surface area (Å²) in [6.45, 7) is 0. The lowest BCUT2D eigenvalue weighted by Gasteiger charge is -2.14. The number of nitrogens with two attached hydrogens (primary N) is 1. The van der Waals surface area contributed by atoms with Crippen LogP contribution in [-0.4, -0.2) is 19.1 Å². The first-order chi connectivity index (χ1) is 10.5. The molecule has 0 aliphatic heterocycles. The number of methoxy groups -OCH3 is 1. The zero-order valence-electron chi connectivity index (χ0n) is 11.9. The fourth-order valence-electron chi connectivity index (χ4n) is 1.96. The van der Waals surface area contributed by atoms with E-state index in [1.54, 1.807) is 24.3 Å². The molecule has 0 spiro atoms. The number of carbonyl (C=O) groups is 1. The van der Waals surface area contributed by atoms with Gasteiger partial charge in [-0.15, -0.1) is 0 Å². The number of carbonyl (C=O) groups excluding carboxylic acids is 1. The molecule has 0 bridgehead atoms. The molecule has 0 saturated heterocycles. The van der Waals surface area contributed by atoms with Gasteiger partial charge in [0.25, 0.3) is 0 Å². The Balaban J connectivity index is 2.22. The van der Waals surface area contributed by atoms with Crippen LogP contribution in [0, 0.1) is 11.6 Å². The van der Waals surface area contributed by atoms with Gasteiger partial charge in [-0.2, -0.15) is 0 Å². The number of halogens is 2. The van der Waals surface area contributed by atoms with E-state index in [1.807, 2.05) is 0 Å². The molecule has 0 heterocycles. The minimum absolute atomic E-state index is 0.0246. The van der Waals surface area contributed by atoms with Crippen LogP contribution < -0.4 is 10.5 Å². The second-order valence-corrected chi connectivity index (χ2v) is 4.65. The summed E-state index contributed by atoms with van der Waals surface area (Å²) >= 11 is 0. The topological polar surface area (TPSA) is 61.5 Å². The molecule has 0 aliphatic carbocycles. The Labute approximate surface area is 126 Å². The highest BCUT2D eigenvalue weighted by Gasteiger charge is 2.17. The normalized spacial score (nSPS) is 11.8. The first kappa shape index (κ1) is 15.9. The first-order valence-electron chi connectivity index (χ1n) is 6.55. The molecule has 0 saturated carbocycles.